The predicted molar refractivity (Wildman–Crippen MR) is 103 cm³/mol. The van der Waals surface area contributed by atoms with Crippen LogP contribution in [0.3, 0.4) is 0 Å². The van der Waals surface area contributed by atoms with E-state index >= 15 is 0 Å². The average molecular weight is 390 g/mol. The summed E-state index contributed by atoms with van der Waals surface area (Å²) in [6, 6.07) is 10.2. The number of aromatic nitrogens is 3. The van der Waals surface area contributed by atoms with Gasteiger partial charge in [-0.2, -0.15) is 5.10 Å². The zero-order valence-corrected chi connectivity index (χ0v) is 15.3. The minimum Gasteiger partial charge on any atom is -0.308 e. The lowest BCUT2D eigenvalue weighted by atomic mass is 10.2. The number of amides is 2. The van der Waals surface area contributed by atoms with Gasteiger partial charge in [0.1, 0.15) is 5.82 Å². The molecule has 1 aromatic heterocycles. The standard InChI is InChI=1S/C18H17ClFN5O2/c1-10(2)25-16(23-24-18(25)27)11-4-3-5-12(8-11)21-17(26)22-13-6-7-15(20)14(19)9-13/h3-10H,1-2H3,(H,24,27)(H2,21,22,26). The van der Waals surface area contributed by atoms with Gasteiger partial charge in [0.05, 0.1) is 5.02 Å². The number of benzene rings is 2. The van der Waals surface area contributed by atoms with Gasteiger partial charge in [-0.05, 0) is 44.2 Å². The van der Waals surface area contributed by atoms with Crippen molar-refractivity contribution in [2.45, 2.75) is 19.9 Å². The SMILES string of the molecule is CC(C)n1c(-c2cccc(NC(=O)Nc3ccc(F)c(Cl)c3)c2)n[nH]c1=O. The molecule has 0 atom stereocenters. The maximum atomic E-state index is 13.2. The van der Waals surface area contributed by atoms with Gasteiger partial charge in [0, 0.05) is 23.0 Å². The highest BCUT2D eigenvalue weighted by molar-refractivity contribution is 6.31. The molecule has 27 heavy (non-hydrogen) atoms. The number of carbonyl (C=O) groups is 1. The Morgan fingerprint density at radius 1 is 1.19 bits per heavy atom. The van der Waals surface area contributed by atoms with Crippen LogP contribution in [0.25, 0.3) is 11.4 Å². The summed E-state index contributed by atoms with van der Waals surface area (Å²) in [7, 11) is 0. The molecule has 0 unspecified atom stereocenters. The Balaban J connectivity index is 1.79. The summed E-state index contributed by atoms with van der Waals surface area (Å²) in [5, 5.41) is 11.7. The first-order valence-electron chi connectivity index (χ1n) is 8.15. The fourth-order valence-corrected chi connectivity index (χ4v) is 2.77. The smallest absolute Gasteiger partial charge is 0.308 e. The molecular weight excluding hydrogens is 373 g/mol. The van der Waals surface area contributed by atoms with Crippen molar-refractivity contribution in [2.24, 2.45) is 0 Å². The molecule has 2 amide bonds. The quantitative estimate of drug-likeness (QED) is 0.622. The van der Waals surface area contributed by atoms with Gasteiger partial charge >= 0.3 is 11.7 Å². The second-order valence-electron chi connectivity index (χ2n) is 6.10. The van der Waals surface area contributed by atoms with Crippen molar-refractivity contribution < 1.29 is 9.18 Å². The van der Waals surface area contributed by atoms with Gasteiger partial charge in [-0.25, -0.2) is 19.1 Å². The number of rotatable bonds is 4. The molecule has 9 heteroatoms. The number of nitrogens with one attached hydrogen (secondary N) is 3. The van der Waals surface area contributed by atoms with Crippen LogP contribution in [0.1, 0.15) is 19.9 Å². The van der Waals surface area contributed by atoms with Crippen LogP contribution in [0.4, 0.5) is 20.6 Å². The third-order valence-corrected chi connectivity index (χ3v) is 4.07. The Hall–Kier alpha value is -3.13. The molecule has 0 spiro atoms. The molecule has 0 saturated heterocycles. The van der Waals surface area contributed by atoms with Gasteiger partial charge < -0.3 is 10.6 Å². The number of anilines is 2. The summed E-state index contributed by atoms with van der Waals surface area (Å²) in [6.45, 7) is 3.76. The van der Waals surface area contributed by atoms with E-state index in [1.165, 1.54) is 22.8 Å². The average Bonchev–Trinajstić information content (AvgIpc) is 3.00. The molecule has 3 aromatic rings. The Morgan fingerprint density at radius 3 is 2.56 bits per heavy atom. The third kappa shape index (κ3) is 4.17. The van der Waals surface area contributed by atoms with E-state index in [0.717, 1.165) is 0 Å². The number of aromatic amines is 1. The number of H-pyrrole nitrogens is 1. The number of hydrogen-bond acceptors (Lipinski definition) is 3. The van der Waals surface area contributed by atoms with Crippen molar-refractivity contribution in [3.05, 3.63) is 63.8 Å². The Morgan fingerprint density at radius 2 is 1.89 bits per heavy atom. The molecule has 1 heterocycles. The summed E-state index contributed by atoms with van der Waals surface area (Å²) in [6.07, 6.45) is 0. The molecule has 0 saturated carbocycles. The van der Waals surface area contributed by atoms with Crippen LogP contribution in [-0.2, 0) is 0 Å². The third-order valence-electron chi connectivity index (χ3n) is 3.78. The molecular formula is C18H17ClFN5O2. The molecule has 140 valence electrons. The zero-order valence-electron chi connectivity index (χ0n) is 14.6. The van der Waals surface area contributed by atoms with Crippen molar-refractivity contribution in [3.63, 3.8) is 0 Å². The van der Waals surface area contributed by atoms with E-state index in [4.69, 9.17) is 11.6 Å². The van der Waals surface area contributed by atoms with E-state index < -0.39 is 11.8 Å². The monoisotopic (exact) mass is 389 g/mol. The molecule has 2 aromatic carbocycles. The topological polar surface area (TPSA) is 91.8 Å². The number of hydrogen-bond donors (Lipinski definition) is 3. The van der Waals surface area contributed by atoms with Crippen molar-refractivity contribution in [1.82, 2.24) is 14.8 Å². The number of carbonyl (C=O) groups excluding carboxylic acids is 1. The fraction of sp³-hybridized carbons (Fsp3) is 0.167. The number of urea groups is 1. The van der Waals surface area contributed by atoms with Crippen LogP contribution in [0.2, 0.25) is 5.02 Å². The highest BCUT2D eigenvalue weighted by Gasteiger charge is 2.14. The first-order chi connectivity index (χ1) is 12.8. The Kier molecular flexibility index (Phi) is 5.27. The lowest BCUT2D eigenvalue weighted by Gasteiger charge is -2.11. The molecule has 0 fully saturated rings. The Bertz CT molecular complexity index is 1040. The maximum absolute atomic E-state index is 13.2. The first-order valence-corrected chi connectivity index (χ1v) is 8.53. The van der Waals surface area contributed by atoms with Crippen molar-refractivity contribution in [3.8, 4) is 11.4 Å². The van der Waals surface area contributed by atoms with E-state index in [1.807, 2.05) is 13.8 Å². The van der Waals surface area contributed by atoms with Crippen LogP contribution in [0.15, 0.2) is 47.3 Å². The molecule has 3 N–H and O–H groups in total. The van der Waals surface area contributed by atoms with Crippen LogP contribution >= 0.6 is 11.6 Å². The minimum absolute atomic E-state index is 0.0746. The first kappa shape index (κ1) is 18.7. The van der Waals surface area contributed by atoms with E-state index in [1.54, 1.807) is 24.3 Å². The second kappa shape index (κ2) is 7.63. The zero-order chi connectivity index (χ0) is 19.6. The van der Waals surface area contributed by atoms with E-state index in [2.05, 4.69) is 20.8 Å². The van der Waals surface area contributed by atoms with Gasteiger partial charge in [-0.3, -0.25) is 4.57 Å². The molecule has 0 aliphatic rings. The van der Waals surface area contributed by atoms with Crippen molar-refractivity contribution in [1.29, 1.82) is 0 Å². The second-order valence-corrected chi connectivity index (χ2v) is 6.51. The molecule has 0 radical (unpaired) electrons. The summed E-state index contributed by atoms with van der Waals surface area (Å²) < 4.78 is 14.7. The van der Waals surface area contributed by atoms with E-state index in [-0.39, 0.29) is 16.8 Å². The molecule has 0 aliphatic heterocycles. The number of nitrogens with zero attached hydrogens (tertiary/aromatic N) is 2. The minimum atomic E-state index is -0.564. The van der Waals surface area contributed by atoms with Crippen molar-refractivity contribution >= 4 is 29.0 Å². The number of halogens is 2. The maximum Gasteiger partial charge on any atom is 0.343 e. The van der Waals surface area contributed by atoms with Gasteiger partial charge in [-0.15, -0.1) is 0 Å². The highest BCUT2D eigenvalue weighted by atomic mass is 35.5. The summed E-state index contributed by atoms with van der Waals surface area (Å²) >= 11 is 5.70. The largest absolute Gasteiger partial charge is 0.343 e. The normalized spacial score (nSPS) is 10.9. The van der Waals surface area contributed by atoms with Gasteiger partial charge in [0.25, 0.3) is 0 Å². The van der Waals surface area contributed by atoms with Gasteiger partial charge in [-0.1, -0.05) is 23.7 Å². The van der Waals surface area contributed by atoms with Crippen LogP contribution in [-0.4, -0.2) is 20.8 Å². The summed E-state index contributed by atoms with van der Waals surface area (Å²) in [5.41, 5.74) is 1.23. The molecule has 3 rings (SSSR count). The van der Waals surface area contributed by atoms with E-state index in [0.29, 0.717) is 22.8 Å². The Labute approximate surface area is 159 Å². The van der Waals surface area contributed by atoms with Gasteiger partial charge in [0.2, 0.25) is 0 Å². The summed E-state index contributed by atoms with van der Waals surface area (Å²) in [5.74, 6) is -0.0881. The predicted octanol–water partition coefficient (Wildman–Crippen LogP) is 4.26. The molecule has 0 bridgehead atoms. The highest BCUT2D eigenvalue weighted by Crippen LogP contribution is 2.23. The van der Waals surface area contributed by atoms with Crippen LogP contribution in [0, 0.1) is 5.82 Å². The fourth-order valence-electron chi connectivity index (χ4n) is 2.59. The lowest BCUT2D eigenvalue weighted by Crippen LogP contribution is -2.20. The van der Waals surface area contributed by atoms with E-state index in [9.17, 15) is 14.0 Å². The molecule has 0 aliphatic carbocycles. The molecule has 7 nitrogen and oxygen atoms in total. The van der Waals surface area contributed by atoms with Crippen LogP contribution < -0.4 is 16.3 Å². The summed E-state index contributed by atoms with van der Waals surface area (Å²) in [4.78, 5) is 24.1. The van der Waals surface area contributed by atoms with Crippen LogP contribution in [0.5, 0.6) is 0 Å². The van der Waals surface area contributed by atoms with Crippen molar-refractivity contribution in [2.75, 3.05) is 10.6 Å². The lowest BCUT2D eigenvalue weighted by molar-refractivity contribution is 0.262. The van der Waals surface area contributed by atoms with Gasteiger partial charge in [0.15, 0.2) is 5.82 Å².